The van der Waals surface area contributed by atoms with Gasteiger partial charge < -0.3 is 0 Å². The van der Waals surface area contributed by atoms with Gasteiger partial charge in [0, 0.05) is 11.7 Å². The highest BCUT2D eigenvalue weighted by Crippen LogP contribution is 2.16. The van der Waals surface area contributed by atoms with Gasteiger partial charge in [-0.05, 0) is 132 Å². The van der Waals surface area contributed by atoms with Crippen LogP contribution in [0.1, 0.15) is 142 Å². The summed E-state index contributed by atoms with van der Waals surface area (Å²) in [7, 11) is -5.83. The van der Waals surface area contributed by atoms with Crippen molar-refractivity contribution in [3.8, 4) is 0 Å². The molecule has 1 aromatic rings. The topological polar surface area (TPSA) is 85.3 Å². The number of rotatable bonds is 14. The second-order valence-electron chi connectivity index (χ2n) is 14.3. The zero-order valence-electron chi connectivity index (χ0n) is 33.5. The van der Waals surface area contributed by atoms with Crippen molar-refractivity contribution in [2.24, 2.45) is 11.8 Å². The van der Waals surface area contributed by atoms with Gasteiger partial charge in [0.1, 0.15) is 0 Å². The van der Waals surface area contributed by atoms with Crippen LogP contribution in [0.5, 0.6) is 0 Å². The molecule has 7 heteroatoms. The SMILES string of the molecule is CC(C)=CCC/C(C)=C/C(=O)C(C)C.CC(C)=CCC/C(C)=C/CC(C)C.CCS(=O)(=O)C(C)C.Cc1ccc(S(=O)(=O)C(C)C)cc1. The molecular formula is C41H72O5S2. The summed E-state index contributed by atoms with van der Waals surface area (Å²) in [5.74, 6) is 1.40. The number of sulfone groups is 2. The molecule has 0 aliphatic heterocycles. The van der Waals surface area contributed by atoms with Crippen LogP contribution in [0.2, 0.25) is 0 Å². The van der Waals surface area contributed by atoms with Crippen LogP contribution >= 0.6 is 0 Å². The van der Waals surface area contributed by atoms with Crippen LogP contribution in [-0.4, -0.2) is 38.9 Å². The quantitative estimate of drug-likeness (QED) is 0.142. The maximum absolute atomic E-state index is 11.6. The summed E-state index contributed by atoms with van der Waals surface area (Å²) >= 11 is 0. The first-order chi connectivity index (χ1) is 21.9. The average Bonchev–Trinajstić information content (AvgIpc) is 2.96. The fraction of sp³-hybridized carbons (Fsp3) is 0.634. The van der Waals surface area contributed by atoms with E-state index in [0.29, 0.717) is 4.90 Å². The lowest BCUT2D eigenvalue weighted by molar-refractivity contribution is -0.117. The Morgan fingerprint density at radius 1 is 0.667 bits per heavy atom. The Labute approximate surface area is 298 Å². The van der Waals surface area contributed by atoms with E-state index in [1.54, 1.807) is 52.8 Å². The lowest BCUT2D eigenvalue weighted by atomic mass is 10.0. The Balaban J connectivity index is -0.000000572. The number of hydrogen-bond acceptors (Lipinski definition) is 5. The van der Waals surface area contributed by atoms with Crippen molar-refractivity contribution in [3.05, 3.63) is 76.4 Å². The minimum absolute atomic E-state index is 0.119. The van der Waals surface area contributed by atoms with Gasteiger partial charge in [-0.3, -0.25) is 4.79 Å². The maximum atomic E-state index is 11.6. The summed E-state index contributed by atoms with van der Waals surface area (Å²) in [5, 5.41) is -0.567. The second-order valence-corrected chi connectivity index (χ2v) is 19.6. The first-order valence-corrected chi connectivity index (χ1v) is 20.8. The lowest BCUT2D eigenvalue weighted by Crippen LogP contribution is -2.15. The number of carbonyl (C=O) groups excluding carboxylic acids is 1. The van der Waals surface area contributed by atoms with Gasteiger partial charge in [0.2, 0.25) is 0 Å². The van der Waals surface area contributed by atoms with Crippen LogP contribution in [0.25, 0.3) is 0 Å². The zero-order valence-corrected chi connectivity index (χ0v) is 35.2. The van der Waals surface area contributed by atoms with Gasteiger partial charge >= 0.3 is 0 Å². The van der Waals surface area contributed by atoms with E-state index in [1.807, 2.05) is 39.8 Å². The molecule has 0 heterocycles. The highest BCUT2D eigenvalue weighted by Gasteiger charge is 2.18. The van der Waals surface area contributed by atoms with Gasteiger partial charge in [-0.1, -0.05) is 92.8 Å². The third-order valence-corrected chi connectivity index (χ3v) is 11.6. The van der Waals surface area contributed by atoms with E-state index >= 15 is 0 Å². The fourth-order valence-electron chi connectivity index (χ4n) is 3.53. The number of ketones is 1. The maximum Gasteiger partial charge on any atom is 0.180 e. The highest BCUT2D eigenvalue weighted by molar-refractivity contribution is 7.92. The molecule has 0 saturated heterocycles. The molecule has 0 fully saturated rings. The average molecular weight is 709 g/mol. The van der Waals surface area contributed by atoms with Crippen molar-refractivity contribution in [2.45, 2.75) is 158 Å². The van der Waals surface area contributed by atoms with Crippen molar-refractivity contribution in [2.75, 3.05) is 5.75 Å². The van der Waals surface area contributed by atoms with Crippen molar-refractivity contribution in [1.82, 2.24) is 0 Å². The number of aryl methyl sites for hydroxylation is 1. The molecule has 1 aromatic carbocycles. The predicted molar refractivity (Wildman–Crippen MR) is 212 cm³/mol. The molecule has 0 saturated carbocycles. The minimum atomic E-state index is -3.09. The number of allylic oxidation sites excluding steroid dienone is 8. The molecule has 0 spiro atoms. The zero-order chi connectivity index (χ0) is 38.3. The molecule has 48 heavy (non-hydrogen) atoms. The Kier molecular flexibility index (Phi) is 27.8. The van der Waals surface area contributed by atoms with Gasteiger partial charge in [0.05, 0.1) is 15.4 Å². The summed E-state index contributed by atoms with van der Waals surface area (Å²) in [6, 6.07) is 6.94. The summed E-state index contributed by atoms with van der Waals surface area (Å²) in [4.78, 5) is 11.8. The van der Waals surface area contributed by atoms with Crippen LogP contribution in [0.4, 0.5) is 0 Å². The monoisotopic (exact) mass is 708 g/mol. The summed E-state index contributed by atoms with van der Waals surface area (Å²) in [5.41, 5.74) is 6.56. The second kappa shape index (κ2) is 26.6. The van der Waals surface area contributed by atoms with Gasteiger partial charge in [0.15, 0.2) is 25.5 Å². The number of hydrogen-bond donors (Lipinski definition) is 0. The number of carbonyl (C=O) groups is 1. The molecular weight excluding hydrogens is 637 g/mol. The van der Waals surface area contributed by atoms with Gasteiger partial charge in [-0.15, -0.1) is 0 Å². The van der Waals surface area contributed by atoms with Crippen molar-refractivity contribution in [1.29, 1.82) is 0 Å². The third-order valence-electron chi connectivity index (χ3n) is 7.17. The van der Waals surface area contributed by atoms with Crippen LogP contribution in [0.3, 0.4) is 0 Å². The van der Waals surface area contributed by atoms with Crippen molar-refractivity contribution < 1.29 is 21.6 Å². The predicted octanol–water partition coefficient (Wildman–Crippen LogP) is 11.6. The van der Waals surface area contributed by atoms with E-state index < -0.39 is 19.7 Å². The van der Waals surface area contributed by atoms with Crippen LogP contribution in [-0.2, 0) is 24.5 Å². The van der Waals surface area contributed by atoms with Crippen LogP contribution in [0, 0.1) is 18.8 Å². The first kappa shape index (κ1) is 50.1. The lowest BCUT2D eigenvalue weighted by Gasteiger charge is -2.07. The Bertz CT molecular complexity index is 1360. The van der Waals surface area contributed by atoms with Crippen LogP contribution < -0.4 is 0 Å². The minimum Gasteiger partial charge on any atom is -0.295 e. The smallest absolute Gasteiger partial charge is 0.180 e. The molecule has 0 aliphatic rings. The van der Waals surface area contributed by atoms with Crippen LogP contribution in [0.15, 0.2) is 75.8 Å². The van der Waals surface area contributed by atoms with E-state index in [-0.39, 0.29) is 28.0 Å². The van der Waals surface area contributed by atoms with E-state index in [1.165, 1.54) is 41.6 Å². The normalized spacial score (nSPS) is 12.0. The van der Waals surface area contributed by atoms with Gasteiger partial charge in [-0.25, -0.2) is 16.8 Å². The molecule has 0 bridgehead atoms. The van der Waals surface area contributed by atoms with Gasteiger partial charge in [0.25, 0.3) is 0 Å². The highest BCUT2D eigenvalue weighted by atomic mass is 32.2. The summed E-state index contributed by atoms with van der Waals surface area (Å²) in [6.07, 6.45) is 14.3. The molecule has 0 unspecified atom stereocenters. The third kappa shape index (κ3) is 27.7. The Morgan fingerprint density at radius 3 is 1.42 bits per heavy atom. The van der Waals surface area contributed by atoms with E-state index in [9.17, 15) is 21.6 Å². The molecule has 0 radical (unpaired) electrons. The molecule has 0 N–H and O–H groups in total. The Hall–Kier alpha value is -2.25. The Morgan fingerprint density at radius 2 is 1.10 bits per heavy atom. The molecule has 5 nitrogen and oxygen atoms in total. The van der Waals surface area contributed by atoms with Crippen molar-refractivity contribution >= 4 is 25.5 Å². The summed E-state index contributed by atoms with van der Waals surface area (Å²) in [6.45, 7) is 31.5. The van der Waals surface area contributed by atoms with Gasteiger partial charge in [-0.2, -0.15) is 0 Å². The standard InChI is InChI=1S/C13H22O.C13H24.C10H14O2S.C5H12O2S/c1-10(2)7-6-8-12(5)9-13(14)11(3)4;1-11(2)7-6-8-13(5)10-9-12(3)4;1-8(2)13(11,12)10-6-4-9(3)5-7-10;1-4-8(6,7)5(2)3/h7,9,11H,6,8H2,1-5H3;7,10,12H,6,8-9H2,1-5H3;4-8H,1-3H3;5H,4H2,1-3H3/b12-9+;13-10+;;. The first-order valence-electron chi connectivity index (χ1n) is 17.6. The van der Waals surface area contributed by atoms with E-state index in [0.717, 1.165) is 24.3 Å². The summed E-state index contributed by atoms with van der Waals surface area (Å²) < 4.78 is 44.7. The molecule has 278 valence electrons. The fourth-order valence-corrected chi connectivity index (χ4v) is 5.26. The van der Waals surface area contributed by atoms with Crippen molar-refractivity contribution in [3.63, 3.8) is 0 Å². The van der Waals surface area contributed by atoms with E-state index in [2.05, 4.69) is 66.7 Å². The molecule has 0 atom stereocenters. The largest absolute Gasteiger partial charge is 0.295 e. The molecule has 0 aromatic heterocycles. The molecule has 1 rings (SSSR count). The molecule has 0 aliphatic carbocycles. The van der Waals surface area contributed by atoms with E-state index in [4.69, 9.17) is 0 Å². The molecule has 0 amide bonds. The number of benzene rings is 1.